The highest BCUT2D eigenvalue weighted by atomic mass is 32.2. The first-order valence-corrected chi connectivity index (χ1v) is 6.18. The zero-order valence-corrected chi connectivity index (χ0v) is 10.5. The summed E-state index contributed by atoms with van der Waals surface area (Å²) in [5, 5.41) is -0.117. The number of carbonyl (C=O) groups excluding carboxylic acids is 1. The third-order valence-corrected chi connectivity index (χ3v) is 3.14. The van der Waals surface area contributed by atoms with Crippen LogP contribution in [0.1, 0.15) is 20.3 Å². The average Bonchev–Trinajstić information content (AvgIpc) is 2.22. The van der Waals surface area contributed by atoms with E-state index in [1.165, 1.54) is 23.9 Å². The number of halogens is 2. The van der Waals surface area contributed by atoms with Gasteiger partial charge < -0.3 is 4.74 Å². The Labute approximate surface area is 103 Å². The minimum Gasteiger partial charge on any atom is -0.466 e. The Morgan fingerprint density at radius 1 is 1.47 bits per heavy atom. The van der Waals surface area contributed by atoms with Crippen molar-refractivity contribution in [1.82, 2.24) is 0 Å². The fourth-order valence-corrected chi connectivity index (χ4v) is 2.25. The molecule has 1 aromatic carbocycles. The first-order valence-electron chi connectivity index (χ1n) is 5.30. The van der Waals surface area contributed by atoms with E-state index < -0.39 is 11.6 Å². The van der Waals surface area contributed by atoms with E-state index in [1.54, 1.807) is 13.8 Å². The van der Waals surface area contributed by atoms with Crippen molar-refractivity contribution in [2.75, 3.05) is 6.61 Å². The number of hydrogen-bond donors (Lipinski definition) is 0. The third-order valence-electron chi connectivity index (χ3n) is 1.98. The van der Waals surface area contributed by atoms with Gasteiger partial charge in [-0.2, -0.15) is 0 Å². The van der Waals surface area contributed by atoms with E-state index in [4.69, 9.17) is 4.74 Å². The van der Waals surface area contributed by atoms with Crippen LogP contribution < -0.4 is 0 Å². The second kappa shape index (κ2) is 6.59. The van der Waals surface area contributed by atoms with Gasteiger partial charge in [0, 0.05) is 16.2 Å². The molecule has 94 valence electrons. The molecule has 17 heavy (non-hydrogen) atoms. The summed E-state index contributed by atoms with van der Waals surface area (Å²) in [6.45, 7) is 3.86. The molecule has 1 unspecified atom stereocenters. The van der Waals surface area contributed by atoms with Gasteiger partial charge >= 0.3 is 5.97 Å². The maximum absolute atomic E-state index is 13.3. The highest BCUT2D eigenvalue weighted by Crippen LogP contribution is 2.28. The molecule has 0 saturated heterocycles. The van der Waals surface area contributed by atoms with Crippen LogP contribution in [0.4, 0.5) is 8.78 Å². The summed E-state index contributed by atoms with van der Waals surface area (Å²) < 4.78 is 30.8. The van der Waals surface area contributed by atoms with Gasteiger partial charge in [0.15, 0.2) is 0 Å². The fourth-order valence-electron chi connectivity index (χ4n) is 1.28. The largest absolute Gasteiger partial charge is 0.466 e. The van der Waals surface area contributed by atoms with Crippen molar-refractivity contribution in [2.45, 2.75) is 30.4 Å². The number of rotatable bonds is 5. The zero-order valence-electron chi connectivity index (χ0n) is 9.70. The van der Waals surface area contributed by atoms with Crippen molar-refractivity contribution in [3.63, 3.8) is 0 Å². The standard InChI is InChI=1S/C12H14F2O2S/c1-3-16-12(15)6-8(2)17-11-5-4-9(13)7-10(11)14/h4-5,7-8H,3,6H2,1-2H3. The number of esters is 1. The summed E-state index contributed by atoms with van der Waals surface area (Å²) in [5.41, 5.74) is 0. The van der Waals surface area contributed by atoms with Gasteiger partial charge in [-0.1, -0.05) is 6.92 Å². The number of thioether (sulfide) groups is 1. The highest BCUT2D eigenvalue weighted by molar-refractivity contribution is 8.00. The van der Waals surface area contributed by atoms with Gasteiger partial charge in [0.1, 0.15) is 11.6 Å². The van der Waals surface area contributed by atoms with Crippen LogP contribution in [-0.2, 0) is 9.53 Å². The van der Waals surface area contributed by atoms with Crippen molar-refractivity contribution < 1.29 is 18.3 Å². The quantitative estimate of drug-likeness (QED) is 0.599. The van der Waals surface area contributed by atoms with Gasteiger partial charge in [-0.15, -0.1) is 11.8 Å². The minimum absolute atomic E-state index is 0.117. The van der Waals surface area contributed by atoms with Crippen molar-refractivity contribution in [3.05, 3.63) is 29.8 Å². The van der Waals surface area contributed by atoms with Crippen LogP contribution >= 0.6 is 11.8 Å². The normalized spacial score (nSPS) is 12.2. The third kappa shape index (κ3) is 4.73. The molecule has 0 aromatic heterocycles. The smallest absolute Gasteiger partial charge is 0.306 e. The van der Waals surface area contributed by atoms with E-state index in [0.29, 0.717) is 11.5 Å². The Morgan fingerprint density at radius 2 is 2.18 bits per heavy atom. The molecule has 1 rings (SSSR count). The fraction of sp³-hybridized carbons (Fsp3) is 0.417. The molecule has 0 aliphatic rings. The molecule has 0 amide bonds. The van der Waals surface area contributed by atoms with E-state index in [9.17, 15) is 13.6 Å². The van der Waals surface area contributed by atoms with Gasteiger partial charge in [0.05, 0.1) is 13.0 Å². The lowest BCUT2D eigenvalue weighted by atomic mass is 10.3. The second-order valence-electron chi connectivity index (χ2n) is 3.51. The number of hydrogen-bond acceptors (Lipinski definition) is 3. The Bertz CT molecular complexity index is 396. The van der Waals surface area contributed by atoms with Crippen LogP contribution in [0.2, 0.25) is 0 Å². The predicted molar refractivity (Wildman–Crippen MR) is 62.9 cm³/mol. The molecular weight excluding hydrogens is 246 g/mol. The maximum Gasteiger partial charge on any atom is 0.306 e. The molecule has 0 N–H and O–H groups in total. The molecule has 0 radical (unpaired) electrons. The molecule has 0 bridgehead atoms. The van der Waals surface area contributed by atoms with Gasteiger partial charge in [-0.3, -0.25) is 4.79 Å². The molecule has 1 atom stereocenters. The minimum atomic E-state index is -0.607. The van der Waals surface area contributed by atoms with Crippen LogP contribution in [0, 0.1) is 11.6 Å². The topological polar surface area (TPSA) is 26.3 Å². The van der Waals surface area contributed by atoms with Gasteiger partial charge in [0.2, 0.25) is 0 Å². The zero-order chi connectivity index (χ0) is 12.8. The van der Waals surface area contributed by atoms with Crippen molar-refractivity contribution in [2.24, 2.45) is 0 Å². The Balaban J connectivity index is 2.55. The molecule has 0 heterocycles. The van der Waals surface area contributed by atoms with Gasteiger partial charge in [-0.05, 0) is 19.1 Å². The molecular formula is C12H14F2O2S. The average molecular weight is 260 g/mol. The van der Waals surface area contributed by atoms with E-state index in [0.717, 1.165) is 6.07 Å². The molecule has 1 aromatic rings. The number of carbonyl (C=O) groups is 1. The Morgan fingerprint density at radius 3 is 2.76 bits per heavy atom. The summed E-state index contributed by atoms with van der Waals surface area (Å²) in [6, 6.07) is 3.40. The van der Waals surface area contributed by atoms with Crippen molar-refractivity contribution in [1.29, 1.82) is 0 Å². The molecule has 0 fully saturated rings. The van der Waals surface area contributed by atoms with E-state index >= 15 is 0 Å². The second-order valence-corrected chi connectivity index (χ2v) is 4.99. The summed E-state index contributed by atoms with van der Waals surface area (Å²) in [4.78, 5) is 11.5. The number of ether oxygens (including phenoxy) is 1. The lowest BCUT2D eigenvalue weighted by Gasteiger charge is -2.10. The molecule has 0 aliphatic carbocycles. The van der Waals surface area contributed by atoms with Crippen LogP contribution in [0.3, 0.4) is 0 Å². The lowest BCUT2D eigenvalue weighted by molar-refractivity contribution is -0.142. The van der Waals surface area contributed by atoms with Crippen LogP contribution in [0.15, 0.2) is 23.1 Å². The molecule has 2 nitrogen and oxygen atoms in total. The predicted octanol–water partition coefficient (Wildman–Crippen LogP) is 3.40. The summed E-state index contributed by atoms with van der Waals surface area (Å²) in [5.74, 6) is -1.52. The molecule has 0 saturated carbocycles. The maximum atomic E-state index is 13.3. The van der Waals surface area contributed by atoms with Crippen LogP contribution in [0.5, 0.6) is 0 Å². The summed E-state index contributed by atoms with van der Waals surface area (Å²) in [7, 11) is 0. The van der Waals surface area contributed by atoms with E-state index in [-0.39, 0.29) is 17.6 Å². The molecule has 5 heteroatoms. The SMILES string of the molecule is CCOC(=O)CC(C)Sc1ccc(F)cc1F. The Hall–Kier alpha value is -1.10. The van der Waals surface area contributed by atoms with E-state index in [1.807, 2.05) is 0 Å². The van der Waals surface area contributed by atoms with Crippen LogP contribution in [0.25, 0.3) is 0 Å². The van der Waals surface area contributed by atoms with Crippen molar-refractivity contribution in [3.8, 4) is 0 Å². The lowest BCUT2D eigenvalue weighted by Crippen LogP contribution is -2.10. The summed E-state index contributed by atoms with van der Waals surface area (Å²) in [6.07, 6.45) is 0.204. The van der Waals surface area contributed by atoms with Gasteiger partial charge in [-0.25, -0.2) is 8.78 Å². The molecule has 0 spiro atoms. The van der Waals surface area contributed by atoms with Crippen LogP contribution in [-0.4, -0.2) is 17.8 Å². The monoisotopic (exact) mass is 260 g/mol. The first-order chi connectivity index (χ1) is 8.02. The first kappa shape index (κ1) is 14.0. The highest BCUT2D eigenvalue weighted by Gasteiger charge is 2.13. The van der Waals surface area contributed by atoms with E-state index in [2.05, 4.69) is 0 Å². The van der Waals surface area contributed by atoms with Gasteiger partial charge in [0.25, 0.3) is 0 Å². The number of benzene rings is 1. The van der Waals surface area contributed by atoms with Crippen molar-refractivity contribution >= 4 is 17.7 Å². The molecule has 0 aliphatic heterocycles. The summed E-state index contributed by atoms with van der Waals surface area (Å²) >= 11 is 1.19. The Kier molecular flexibility index (Phi) is 5.41.